The molecular weight excluding hydrogens is 208 g/mol. The minimum Gasteiger partial charge on any atom is -0.504 e. The molecule has 0 aliphatic heterocycles. The largest absolute Gasteiger partial charge is 0.504 e. The number of phenolic OH excluding ortho intramolecular Hbond substituents is 1. The van der Waals surface area contributed by atoms with Crippen LogP contribution in [-0.4, -0.2) is 25.3 Å². The highest BCUT2D eigenvalue weighted by atomic mass is 35.5. The Bertz CT molecular complexity index is 362. The van der Waals surface area contributed by atoms with Gasteiger partial charge in [-0.1, -0.05) is 11.6 Å². The van der Waals surface area contributed by atoms with E-state index in [0.717, 1.165) is 0 Å². The van der Waals surface area contributed by atoms with Crippen LogP contribution in [0.2, 0.25) is 5.02 Å². The molecule has 14 heavy (non-hydrogen) atoms. The molecule has 1 rings (SSSR count). The molecule has 0 radical (unpaired) electrons. The maximum atomic E-state index is 11.2. The third kappa shape index (κ3) is 1.90. The van der Waals surface area contributed by atoms with Gasteiger partial charge in [0.05, 0.1) is 14.2 Å². The summed E-state index contributed by atoms with van der Waals surface area (Å²) in [6, 6.07) is 2.65. The number of phenols is 1. The van der Waals surface area contributed by atoms with Crippen LogP contribution in [0.4, 0.5) is 0 Å². The van der Waals surface area contributed by atoms with Crippen molar-refractivity contribution in [1.29, 1.82) is 0 Å². The molecule has 0 fully saturated rings. The number of carbonyl (C=O) groups excluding carboxylic acids is 1. The average molecular weight is 217 g/mol. The minimum absolute atomic E-state index is 0.0567. The Morgan fingerprint density at radius 3 is 2.57 bits per heavy atom. The summed E-state index contributed by atoms with van der Waals surface area (Å²) in [7, 11) is 2.58. The molecule has 1 aromatic carbocycles. The molecule has 5 heteroatoms. The van der Waals surface area contributed by atoms with E-state index in [1.165, 1.54) is 26.4 Å². The summed E-state index contributed by atoms with van der Waals surface area (Å²) < 4.78 is 9.34. The van der Waals surface area contributed by atoms with Crippen molar-refractivity contribution in [1.82, 2.24) is 0 Å². The number of ether oxygens (including phenoxy) is 2. The number of hydrogen-bond acceptors (Lipinski definition) is 4. The second kappa shape index (κ2) is 4.19. The molecule has 0 amide bonds. The van der Waals surface area contributed by atoms with Crippen molar-refractivity contribution >= 4 is 17.6 Å². The van der Waals surface area contributed by atoms with Gasteiger partial charge in [-0.05, 0) is 6.07 Å². The number of aromatic hydroxyl groups is 1. The monoisotopic (exact) mass is 216 g/mol. The van der Waals surface area contributed by atoms with Crippen molar-refractivity contribution in [2.75, 3.05) is 14.2 Å². The Balaban J connectivity index is 3.32. The standard InChI is InChI=1S/C9H9ClO4/c1-13-8-6(9(12)14-2)3-5(10)4-7(8)11/h3-4,11H,1-2H3. The molecule has 0 saturated heterocycles. The fourth-order valence-corrected chi connectivity index (χ4v) is 1.27. The van der Waals surface area contributed by atoms with Gasteiger partial charge >= 0.3 is 5.97 Å². The van der Waals surface area contributed by atoms with Gasteiger partial charge in [0.15, 0.2) is 11.5 Å². The van der Waals surface area contributed by atoms with Gasteiger partial charge in [0, 0.05) is 11.1 Å². The van der Waals surface area contributed by atoms with E-state index in [2.05, 4.69) is 4.74 Å². The number of methoxy groups -OCH3 is 2. The van der Waals surface area contributed by atoms with Crippen molar-refractivity contribution in [2.45, 2.75) is 0 Å². The number of halogens is 1. The van der Waals surface area contributed by atoms with E-state index in [0.29, 0.717) is 0 Å². The van der Waals surface area contributed by atoms with Crippen molar-refractivity contribution in [3.63, 3.8) is 0 Å². The topological polar surface area (TPSA) is 55.8 Å². The molecule has 4 nitrogen and oxygen atoms in total. The Morgan fingerprint density at radius 2 is 2.07 bits per heavy atom. The van der Waals surface area contributed by atoms with Crippen molar-refractivity contribution < 1.29 is 19.4 Å². The van der Waals surface area contributed by atoms with Gasteiger partial charge in [-0.2, -0.15) is 0 Å². The van der Waals surface area contributed by atoms with Gasteiger partial charge in [-0.25, -0.2) is 4.79 Å². The molecule has 1 aromatic rings. The Hall–Kier alpha value is -1.42. The summed E-state index contributed by atoms with van der Waals surface area (Å²) in [6.07, 6.45) is 0. The van der Waals surface area contributed by atoms with Crippen LogP contribution >= 0.6 is 11.6 Å². The van der Waals surface area contributed by atoms with Crippen LogP contribution in [-0.2, 0) is 4.74 Å². The quantitative estimate of drug-likeness (QED) is 0.767. The fourth-order valence-electron chi connectivity index (χ4n) is 1.06. The summed E-state index contributed by atoms with van der Waals surface area (Å²) in [5.74, 6) is -0.749. The van der Waals surface area contributed by atoms with E-state index in [1.54, 1.807) is 0 Å². The lowest BCUT2D eigenvalue weighted by Gasteiger charge is -2.08. The van der Waals surface area contributed by atoms with Crippen LogP contribution in [0.15, 0.2) is 12.1 Å². The van der Waals surface area contributed by atoms with E-state index >= 15 is 0 Å². The first-order chi connectivity index (χ1) is 6.60. The van der Waals surface area contributed by atoms with Crippen LogP contribution in [0.3, 0.4) is 0 Å². The lowest BCUT2D eigenvalue weighted by Crippen LogP contribution is -2.04. The average Bonchev–Trinajstić information content (AvgIpc) is 2.15. The van der Waals surface area contributed by atoms with E-state index in [1.807, 2.05) is 0 Å². The van der Waals surface area contributed by atoms with Crippen LogP contribution in [0.1, 0.15) is 10.4 Å². The predicted octanol–water partition coefficient (Wildman–Crippen LogP) is 1.84. The molecule has 0 saturated carbocycles. The fraction of sp³-hybridized carbons (Fsp3) is 0.222. The molecule has 76 valence electrons. The van der Waals surface area contributed by atoms with E-state index in [4.69, 9.17) is 16.3 Å². The van der Waals surface area contributed by atoms with Gasteiger partial charge in [-0.3, -0.25) is 0 Å². The highest BCUT2D eigenvalue weighted by Crippen LogP contribution is 2.33. The number of hydrogen-bond donors (Lipinski definition) is 1. The first-order valence-corrected chi connectivity index (χ1v) is 4.12. The molecule has 0 spiro atoms. The van der Waals surface area contributed by atoms with E-state index in [-0.39, 0.29) is 22.1 Å². The second-order valence-corrected chi connectivity index (χ2v) is 2.93. The molecule has 0 bridgehead atoms. The second-order valence-electron chi connectivity index (χ2n) is 2.50. The summed E-state index contributed by atoms with van der Waals surface area (Å²) in [5.41, 5.74) is 0.0972. The highest BCUT2D eigenvalue weighted by molar-refractivity contribution is 6.31. The number of rotatable bonds is 2. The van der Waals surface area contributed by atoms with Crippen LogP contribution < -0.4 is 4.74 Å². The van der Waals surface area contributed by atoms with Gasteiger partial charge < -0.3 is 14.6 Å². The van der Waals surface area contributed by atoms with Gasteiger partial charge in [0.25, 0.3) is 0 Å². The first-order valence-electron chi connectivity index (χ1n) is 3.75. The third-order valence-electron chi connectivity index (χ3n) is 1.64. The molecule has 0 aliphatic rings. The normalized spacial score (nSPS) is 9.64. The van der Waals surface area contributed by atoms with Crippen LogP contribution in [0.5, 0.6) is 11.5 Å². The summed E-state index contributed by atoms with van der Waals surface area (Å²) in [6.45, 7) is 0. The lowest BCUT2D eigenvalue weighted by atomic mass is 10.2. The highest BCUT2D eigenvalue weighted by Gasteiger charge is 2.17. The van der Waals surface area contributed by atoms with Crippen molar-refractivity contribution in [2.24, 2.45) is 0 Å². The molecular formula is C9H9ClO4. The van der Waals surface area contributed by atoms with Crippen molar-refractivity contribution in [3.8, 4) is 11.5 Å². The first kappa shape index (κ1) is 10.7. The van der Waals surface area contributed by atoms with Crippen LogP contribution in [0.25, 0.3) is 0 Å². The maximum Gasteiger partial charge on any atom is 0.341 e. The van der Waals surface area contributed by atoms with E-state index < -0.39 is 5.97 Å². The molecule has 1 N–H and O–H groups in total. The zero-order chi connectivity index (χ0) is 10.7. The molecule has 0 heterocycles. The zero-order valence-electron chi connectivity index (χ0n) is 7.70. The molecule has 0 atom stereocenters. The smallest absolute Gasteiger partial charge is 0.341 e. The Morgan fingerprint density at radius 1 is 1.43 bits per heavy atom. The third-order valence-corrected chi connectivity index (χ3v) is 1.86. The maximum absolute atomic E-state index is 11.2. The minimum atomic E-state index is -0.611. The number of benzene rings is 1. The molecule has 0 aromatic heterocycles. The summed E-state index contributed by atoms with van der Waals surface area (Å²) in [5, 5.41) is 9.64. The summed E-state index contributed by atoms with van der Waals surface area (Å²) in [4.78, 5) is 11.2. The Kier molecular flexibility index (Phi) is 3.19. The molecule has 0 unspecified atom stereocenters. The van der Waals surface area contributed by atoms with Gasteiger partial charge in [-0.15, -0.1) is 0 Å². The van der Waals surface area contributed by atoms with Crippen molar-refractivity contribution in [3.05, 3.63) is 22.7 Å². The van der Waals surface area contributed by atoms with Gasteiger partial charge in [0.2, 0.25) is 0 Å². The van der Waals surface area contributed by atoms with Gasteiger partial charge in [0.1, 0.15) is 5.56 Å². The Labute approximate surface area is 86.0 Å². The molecule has 0 aliphatic carbocycles. The van der Waals surface area contributed by atoms with E-state index in [9.17, 15) is 9.90 Å². The zero-order valence-corrected chi connectivity index (χ0v) is 8.46. The number of esters is 1. The predicted molar refractivity (Wildman–Crippen MR) is 51.0 cm³/mol. The summed E-state index contributed by atoms with van der Waals surface area (Å²) >= 11 is 5.66. The lowest BCUT2D eigenvalue weighted by molar-refractivity contribution is 0.0596. The van der Waals surface area contributed by atoms with Crippen LogP contribution in [0, 0.1) is 0 Å². The number of carbonyl (C=O) groups is 1. The SMILES string of the molecule is COC(=O)c1cc(Cl)cc(O)c1OC.